The first-order chi connectivity index (χ1) is 12.1. The molecular weight excluding hydrogens is 316 g/mol. The van der Waals surface area contributed by atoms with Crippen molar-refractivity contribution in [2.24, 2.45) is 5.92 Å². The topological polar surface area (TPSA) is 69.5 Å². The van der Waals surface area contributed by atoms with Crippen LogP contribution in [0.3, 0.4) is 0 Å². The molecule has 1 aromatic rings. The van der Waals surface area contributed by atoms with E-state index in [1.807, 2.05) is 4.90 Å². The maximum atomic E-state index is 12.5. The van der Waals surface area contributed by atoms with Gasteiger partial charge in [-0.15, -0.1) is 0 Å². The summed E-state index contributed by atoms with van der Waals surface area (Å²) in [5, 5.41) is 9.08. The minimum atomic E-state index is 0.0604. The first-order valence-electron chi connectivity index (χ1n) is 9.12. The molecular formula is C19H26N4O2. The van der Waals surface area contributed by atoms with Crippen molar-refractivity contribution in [1.82, 2.24) is 14.8 Å². The number of hydrogen-bond donors (Lipinski definition) is 0. The van der Waals surface area contributed by atoms with E-state index in [1.165, 1.54) is 0 Å². The number of amides is 1. The first-order valence-corrected chi connectivity index (χ1v) is 9.12. The second-order valence-electron chi connectivity index (χ2n) is 7.19. The molecule has 0 aromatic carbocycles. The molecule has 0 saturated carbocycles. The van der Waals surface area contributed by atoms with Crippen LogP contribution in [-0.4, -0.2) is 59.0 Å². The molecule has 2 fully saturated rings. The smallest absolute Gasteiger partial charge is 0.240 e. The van der Waals surface area contributed by atoms with E-state index in [1.54, 1.807) is 18.3 Å². The van der Waals surface area contributed by atoms with Crippen molar-refractivity contribution in [2.45, 2.75) is 45.2 Å². The maximum Gasteiger partial charge on any atom is 0.240 e. The molecule has 0 N–H and O–H groups in total. The van der Waals surface area contributed by atoms with Gasteiger partial charge in [-0.25, -0.2) is 4.98 Å². The number of nitrogens with zero attached hydrogens (tertiary/aromatic N) is 4. The summed E-state index contributed by atoms with van der Waals surface area (Å²) >= 11 is 0. The van der Waals surface area contributed by atoms with E-state index in [0.717, 1.165) is 38.9 Å². The van der Waals surface area contributed by atoms with E-state index in [-0.39, 0.29) is 18.0 Å². The van der Waals surface area contributed by atoms with Gasteiger partial charge in [-0.1, -0.05) is 0 Å². The average molecular weight is 342 g/mol. The lowest BCUT2D eigenvalue weighted by Crippen LogP contribution is -2.47. The number of aromatic nitrogens is 1. The zero-order valence-electron chi connectivity index (χ0n) is 15.0. The number of hydrogen-bond acceptors (Lipinski definition) is 5. The standard InChI is InChI=1S/C19H26N4O2/c1-14(2)23-11-7-17(19(23)24)22-9-5-15(6-10-22)13-25-18-16(12-20)4-3-8-21-18/h3-4,8,14-15,17H,5-7,9-11,13H2,1-2H3. The van der Waals surface area contributed by atoms with Crippen molar-refractivity contribution in [3.8, 4) is 11.9 Å². The van der Waals surface area contributed by atoms with Gasteiger partial charge in [0.2, 0.25) is 11.8 Å². The molecule has 0 aliphatic carbocycles. The van der Waals surface area contributed by atoms with Gasteiger partial charge in [-0.2, -0.15) is 5.26 Å². The van der Waals surface area contributed by atoms with Crippen LogP contribution in [0.15, 0.2) is 18.3 Å². The zero-order chi connectivity index (χ0) is 17.8. The fourth-order valence-corrected chi connectivity index (χ4v) is 3.76. The molecule has 0 bridgehead atoms. The number of rotatable bonds is 5. The Morgan fingerprint density at radius 3 is 2.72 bits per heavy atom. The molecule has 3 rings (SSSR count). The Kier molecular flexibility index (Phi) is 5.54. The van der Waals surface area contributed by atoms with Crippen LogP contribution < -0.4 is 4.74 Å². The Bertz CT molecular complexity index is 647. The van der Waals surface area contributed by atoms with Gasteiger partial charge in [0.25, 0.3) is 0 Å². The molecule has 2 saturated heterocycles. The summed E-state index contributed by atoms with van der Waals surface area (Å²) < 4.78 is 5.77. The summed E-state index contributed by atoms with van der Waals surface area (Å²) in [7, 11) is 0. The largest absolute Gasteiger partial charge is 0.476 e. The average Bonchev–Trinajstić information content (AvgIpc) is 3.02. The summed E-state index contributed by atoms with van der Waals surface area (Å²) in [5.41, 5.74) is 0.477. The lowest BCUT2D eigenvalue weighted by molar-refractivity contribution is -0.134. The number of carbonyl (C=O) groups is 1. The maximum absolute atomic E-state index is 12.5. The van der Waals surface area contributed by atoms with Gasteiger partial charge in [-0.05, 0) is 64.3 Å². The van der Waals surface area contributed by atoms with Crippen LogP contribution in [0.5, 0.6) is 5.88 Å². The highest BCUT2D eigenvalue weighted by molar-refractivity contribution is 5.84. The summed E-state index contributed by atoms with van der Waals surface area (Å²) in [6, 6.07) is 5.91. The van der Waals surface area contributed by atoms with Crippen LogP contribution in [-0.2, 0) is 4.79 Å². The van der Waals surface area contributed by atoms with Crippen LogP contribution in [0.1, 0.15) is 38.7 Å². The predicted molar refractivity (Wildman–Crippen MR) is 94.0 cm³/mol. The van der Waals surface area contributed by atoms with Crippen LogP contribution in [0.4, 0.5) is 0 Å². The van der Waals surface area contributed by atoms with Crippen molar-refractivity contribution in [2.75, 3.05) is 26.2 Å². The molecule has 6 heteroatoms. The molecule has 3 heterocycles. The molecule has 1 aromatic heterocycles. The van der Waals surface area contributed by atoms with E-state index in [9.17, 15) is 4.79 Å². The van der Waals surface area contributed by atoms with Crippen molar-refractivity contribution < 1.29 is 9.53 Å². The Morgan fingerprint density at radius 2 is 2.08 bits per heavy atom. The number of pyridine rings is 1. The molecule has 134 valence electrons. The first kappa shape index (κ1) is 17.7. The van der Waals surface area contributed by atoms with Gasteiger partial charge >= 0.3 is 0 Å². The van der Waals surface area contributed by atoms with E-state index in [0.29, 0.717) is 24.0 Å². The zero-order valence-corrected chi connectivity index (χ0v) is 15.0. The molecule has 1 atom stereocenters. The third-order valence-corrected chi connectivity index (χ3v) is 5.27. The van der Waals surface area contributed by atoms with Gasteiger partial charge < -0.3 is 9.64 Å². The second kappa shape index (κ2) is 7.83. The van der Waals surface area contributed by atoms with E-state index < -0.39 is 0 Å². The Balaban J connectivity index is 1.48. The number of piperidine rings is 1. The summed E-state index contributed by atoms with van der Waals surface area (Å²) in [6.07, 6.45) is 4.61. The Hall–Kier alpha value is -2.13. The van der Waals surface area contributed by atoms with Gasteiger partial charge in [-0.3, -0.25) is 9.69 Å². The van der Waals surface area contributed by atoms with Crippen molar-refractivity contribution in [3.05, 3.63) is 23.9 Å². The molecule has 25 heavy (non-hydrogen) atoms. The summed E-state index contributed by atoms with van der Waals surface area (Å²) in [4.78, 5) is 21.0. The van der Waals surface area contributed by atoms with Crippen molar-refractivity contribution in [3.63, 3.8) is 0 Å². The van der Waals surface area contributed by atoms with Gasteiger partial charge in [0, 0.05) is 18.8 Å². The summed E-state index contributed by atoms with van der Waals surface area (Å²) in [6.45, 7) is 7.48. The van der Waals surface area contributed by atoms with Gasteiger partial charge in [0.05, 0.1) is 12.6 Å². The van der Waals surface area contributed by atoms with Crippen molar-refractivity contribution >= 4 is 5.91 Å². The molecule has 6 nitrogen and oxygen atoms in total. The molecule has 2 aliphatic rings. The van der Waals surface area contributed by atoms with Crippen LogP contribution in [0.25, 0.3) is 0 Å². The molecule has 1 unspecified atom stereocenters. The number of ether oxygens (including phenoxy) is 1. The highest BCUT2D eigenvalue weighted by Crippen LogP contribution is 2.26. The second-order valence-corrected chi connectivity index (χ2v) is 7.19. The molecule has 0 spiro atoms. The fraction of sp³-hybridized carbons (Fsp3) is 0.632. The lowest BCUT2D eigenvalue weighted by atomic mass is 9.96. The van der Waals surface area contributed by atoms with Gasteiger partial charge in [0.15, 0.2) is 0 Å². The quantitative estimate of drug-likeness (QED) is 0.819. The number of likely N-dealkylation sites (tertiary alicyclic amines) is 2. The molecule has 1 amide bonds. The van der Waals surface area contributed by atoms with Crippen LogP contribution in [0.2, 0.25) is 0 Å². The fourth-order valence-electron chi connectivity index (χ4n) is 3.76. The van der Waals surface area contributed by atoms with E-state index in [2.05, 4.69) is 29.8 Å². The minimum absolute atomic E-state index is 0.0604. The molecule has 0 radical (unpaired) electrons. The van der Waals surface area contributed by atoms with Crippen LogP contribution >= 0.6 is 0 Å². The van der Waals surface area contributed by atoms with E-state index in [4.69, 9.17) is 10.00 Å². The highest BCUT2D eigenvalue weighted by Gasteiger charge is 2.38. The minimum Gasteiger partial charge on any atom is -0.476 e. The summed E-state index contributed by atoms with van der Waals surface area (Å²) in [5.74, 6) is 1.16. The third-order valence-electron chi connectivity index (χ3n) is 5.27. The monoisotopic (exact) mass is 342 g/mol. The van der Waals surface area contributed by atoms with E-state index >= 15 is 0 Å². The lowest BCUT2D eigenvalue weighted by Gasteiger charge is -2.35. The predicted octanol–water partition coefficient (Wildman–Crippen LogP) is 2.05. The third kappa shape index (κ3) is 3.93. The molecule has 2 aliphatic heterocycles. The normalized spacial score (nSPS) is 22.4. The Morgan fingerprint density at radius 1 is 1.32 bits per heavy atom. The number of carbonyl (C=O) groups excluding carboxylic acids is 1. The van der Waals surface area contributed by atoms with Crippen molar-refractivity contribution in [1.29, 1.82) is 5.26 Å². The highest BCUT2D eigenvalue weighted by atomic mass is 16.5. The number of nitriles is 1. The SMILES string of the molecule is CC(C)N1CCC(N2CCC(COc3ncccc3C#N)CC2)C1=O. The van der Waals surface area contributed by atoms with Crippen LogP contribution in [0, 0.1) is 17.2 Å². The Labute approximate surface area is 149 Å². The van der Waals surface area contributed by atoms with Gasteiger partial charge in [0.1, 0.15) is 11.6 Å².